The number of hydrogen-bond acceptors (Lipinski definition) is 4. The lowest BCUT2D eigenvalue weighted by Gasteiger charge is -2.32. The van der Waals surface area contributed by atoms with Gasteiger partial charge in [0.1, 0.15) is 6.54 Å². The lowest BCUT2D eigenvalue weighted by Crippen LogP contribution is -2.44. The molecule has 1 fully saturated rings. The van der Waals surface area contributed by atoms with Crippen LogP contribution in [0.15, 0.2) is 53.5 Å². The Morgan fingerprint density at radius 1 is 1.07 bits per heavy atom. The van der Waals surface area contributed by atoms with Crippen LogP contribution in [0, 0.1) is 0 Å². The van der Waals surface area contributed by atoms with Crippen LogP contribution >= 0.6 is 0 Å². The maximum absolute atomic E-state index is 12.5. The molecule has 2 aromatic rings. The van der Waals surface area contributed by atoms with E-state index >= 15 is 0 Å². The summed E-state index contributed by atoms with van der Waals surface area (Å²) in [5.41, 5.74) is 1.04. The van der Waals surface area contributed by atoms with Crippen LogP contribution in [-0.4, -0.2) is 47.5 Å². The Morgan fingerprint density at radius 2 is 1.86 bits per heavy atom. The fourth-order valence-electron chi connectivity index (χ4n) is 3.51. The number of carbonyl (C=O) groups is 2. The van der Waals surface area contributed by atoms with E-state index < -0.39 is 0 Å². The molecule has 154 valence electrons. The first-order chi connectivity index (χ1) is 14.0. The quantitative estimate of drug-likeness (QED) is 0.741. The molecule has 0 spiro atoms. The number of benzene rings is 1. The zero-order chi connectivity index (χ0) is 20.6. The number of aromatic nitrogens is 1. The molecule has 1 aromatic heterocycles. The van der Waals surface area contributed by atoms with Gasteiger partial charge in [-0.05, 0) is 38.1 Å². The van der Waals surface area contributed by atoms with Gasteiger partial charge in [-0.3, -0.25) is 14.4 Å². The average molecular weight is 396 g/mol. The molecule has 29 heavy (non-hydrogen) atoms. The normalized spacial score (nSPS) is 16.9. The minimum Gasteiger partial charge on any atom is -0.350 e. The van der Waals surface area contributed by atoms with Gasteiger partial charge < -0.3 is 20.1 Å². The predicted molar refractivity (Wildman–Crippen MR) is 112 cm³/mol. The highest BCUT2D eigenvalue weighted by molar-refractivity contribution is 5.93. The number of nitrogens with one attached hydrogen (secondary N) is 2. The zero-order valence-electron chi connectivity index (χ0n) is 16.8. The average Bonchev–Trinajstić information content (AvgIpc) is 2.74. The number of amides is 2. The Hall–Kier alpha value is -2.93. The molecule has 0 bridgehead atoms. The molecule has 1 aliphatic rings. The van der Waals surface area contributed by atoms with E-state index in [-0.39, 0.29) is 23.9 Å². The standard InChI is InChI=1S/C22H28N4O3/c1-25-12-6-5-9-19(25)14-24-22(29)18-10-11-21(28)26(15-18)16-20(27)23-13-17-7-3-2-4-8-17/h2-4,7-8,10-11,15,19H,5-6,9,12-14,16H2,1H3,(H,23,27)(H,24,29). The summed E-state index contributed by atoms with van der Waals surface area (Å²) in [7, 11) is 2.07. The third kappa shape index (κ3) is 6.02. The van der Waals surface area contributed by atoms with Gasteiger partial charge in [-0.1, -0.05) is 36.8 Å². The molecule has 2 heterocycles. The number of nitrogens with zero attached hydrogens (tertiary/aromatic N) is 2. The molecule has 0 saturated carbocycles. The second-order valence-corrected chi connectivity index (χ2v) is 7.49. The van der Waals surface area contributed by atoms with Crippen molar-refractivity contribution in [3.05, 3.63) is 70.1 Å². The maximum Gasteiger partial charge on any atom is 0.252 e. The smallest absolute Gasteiger partial charge is 0.252 e. The van der Waals surface area contributed by atoms with Gasteiger partial charge in [0.15, 0.2) is 0 Å². The van der Waals surface area contributed by atoms with E-state index in [0.717, 1.165) is 18.5 Å². The van der Waals surface area contributed by atoms with Crippen molar-refractivity contribution in [3.63, 3.8) is 0 Å². The first kappa shape index (κ1) is 20.8. The molecule has 1 aromatic carbocycles. The van der Waals surface area contributed by atoms with Crippen molar-refractivity contribution in [2.45, 2.75) is 38.4 Å². The second-order valence-electron chi connectivity index (χ2n) is 7.49. The number of hydrogen-bond donors (Lipinski definition) is 2. The molecule has 0 aliphatic carbocycles. The van der Waals surface area contributed by atoms with Gasteiger partial charge in [0.05, 0.1) is 5.56 Å². The molecular formula is C22H28N4O3. The van der Waals surface area contributed by atoms with Crippen molar-refractivity contribution >= 4 is 11.8 Å². The second kappa shape index (κ2) is 10.0. The van der Waals surface area contributed by atoms with Gasteiger partial charge in [0, 0.05) is 31.4 Å². The molecule has 7 heteroatoms. The summed E-state index contributed by atoms with van der Waals surface area (Å²) in [6.07, 6.45) is 4.88. The van der Waals surface area contributed by atoms with Crippen LogP contribution in [0.4, 0.5) is 0 Å². The van der Waals surface area contributed by atoms with Crippen molar-refractivity contribution in [2.24, 2.45) is 0 Å². The molecule has 1 atom stereocenters. The summed E-state index contributed by atoms with van der Waals surface area (Å²) in [5, 5.41) is 5.74. The lowest BCUT2D eigenvalue weighted by molar-refractivity contribution is -0.121. The minimum absolute atomic E-state index is 0.127. The summed E-state index contributed by atoms with van der Waals surface area (Å²) in [5.74, 6) is -0.514. The van der Waals surface area contributed by atoms with Crippen LogP contribution in [0.1, 0.15) is 35.2 Å². The highest BCUT2D eigenvalue weighted by Crippen LogP contribution is 2.14. The SMILES string of the molecule is CN1CCCCC1CNC(=O)c1ccc(=O)n(CC(=O)NCc2ccccc2)c1. The summed E-state index contributed by atoms with van der Waals surface area (Å²) in [4.78, 5) is 39.1. The summed E-state index contributed by atoms with van der Waals surface area (Å²) in [6, 6.07) is 12.7. The van der Waals surface area contributed by atoms with E-state index in [9.17, 15) is 14.4 Å². The number of carbonyl (C=O) groups excluding carboxylic acids is 2. The van der Waals surface area contributed by atoms with Crippen molar-refractivity contribution in [3.8, 4) is 0 Å². The Morgan fingerprint density at radius 3 is 2.62 bits per heavy atom. The number of likely N-dealkylation sites (tertiary alicyclic amines) is 1. The predicted octanol–water partition coefficient (Wildman–Crippen LogP) is 1.38. The van der Waals surface area contributed by atoms with Gasteiger partial charge in [0.2, 0.25) is 5.91 Å². The van der Waals surface area contributed by atoms with Gasteiger partial charge in [-0.25, -0.2) is 0 Å². The highest BCUT2D eigenvalue weighted by atomic mass is 16.2. The van der Waals surface area contributed by atoms with Crippen LogP contribution in [0.3, 0.4) is 0 Å². The lowest BCUT2D eigenvalue weighted by atomic mass is 10.0. The Balaban J connectivity index is 1.56. The molecule has 1 unspecified atom stereocenters. The number of piperidine rings is 1. The van der Waals surface area contributed by atoms with E-state index in [2.05, 4.69) is 22.6 Å². The monoisotopic (exact) mass is 396 g/mol. The summed E-state index contributed by atoms with van der Waals surface area (Å²) in [6.45, 7) is 1.89. The molecule has 2 amide bonds. The van der Waals surface area contributed by atoms with Gasteiger partial charge >= 0.3 is 0 Å². The van der Waals surface area contributed by atoms with Gasteiger partial charge in [-0.2, -0.15) is 0 Å². The minimum atomic E-state index is -0.316. The number of pyridine rings is 1. The molecule has 3 rings (SSSR count). The molecule has 1 saturated heterocycles. The topological polar surface area (TPSA) is 83.4 Å². The van der Waals surface area contributed by atoms with Crippen LogP contribution in [0.25, 0.3) is 0 Å². The number of rotatable bonds is 7. The molecule has 2 N–H and O–H groups in total. The van der Waals surface area contributed by atoms with E-state index in [1.165, 1.54) is 35.7 Å². The molecular weight excluding hydrogens is 368 g/mol. The Bertz CT molecular complexity index is 894. The van der Waals surface area contributed by atoms with E-state index in [1.54, 1.807) is 0 Å². The maximum atomic E-state index is 12.5. The number of likely N-dealkylation sites (N-methyl/N-ethyl adjacent to an activating group) is 1. The van der Waals surface area contributed by atoms with Crippen molar-refractivity contribution in [1.82, 2.24) is 20.1 Å². The fourth-order valence-corrected chi connectivity index (χ4v) is 3.51. The molecule has 1 aliphatic heterocycles. The van der Waals surface area contributed by atoms with Gasteiger partial charge in [-0.15, -0.1) is 0 Å². The first-order valence-electron chi connectivity index (χ1n) is 10.0. The van der Waals surface area contributed by atoms with Crippen LogP contribution in [0.5, 0.6) is 0 Å². The van der Waals surface area contributed by atoms with E-state index in [0.29, 0.717) is 24.7 Å². The molecule has 7 nitrogen and oxygen atoms in total. The Kier molecular flexibility index (Phi) is 7.19. The van der Waals surface area contributed by atoms with E-state index in [4.69, 9.17) is 0 Å². The van der Waals surface area contributed by atoms with Crippen LogP contribution < -0.4 is 16.2 Å². The fraction of sp³-hybridized carbons (Fsp3) is 0.409. The highest BCUT2D eigenvalue weighted by Gasteiger charge is 2.19. The third-order valence-corrected chi connectivity index (χ3v) is 5.31. The Labute approximate surface area is 170 Å². The van der Waals surface area contributed by atoms with Crippen molar-refractivity contribution in [1.29, 1.82) is 0 Å². The third-order valence-electron chi connectivity index (χ3n) is 5.31. The molecule has 0 radical (unpaired) electrons. The largest absolute Gasteiger partial charge is 0.350 e. The van der Waals surface area contributed by atoms with Gasteiger partial charge in [0.25, 0.3) is 11.5 Å². The van der Waals surface area contributed by atoms with Crippen molar-refractivity contribution in [2.75, 3.05) is 20.1 Å². The van der Waals surface area contributed by atoms with Crippen LogP contribution in [-0.2, 0) is 17.9 Å². The van der Waals surface area contributed by atoms with Crippen LogP contribution in [0.2, 0.25) is 0 Å². The first-order valence-corrected chi connectivity index (χ1v) is 10.0. The zero-order valence-corrected chi connectivity index (χ0v) is 16.8. The van der Waals surface area contributed by atoms with E-state index in [1.807, 2.05) is 30.3 Å². The summed E-state index contributed by atoms with van der Waals surface area (Å²) < 4.78 is 1.27. The van der Waals surface area contributed by atoms with Crippen molar-refractivity contribution < 1.29 is 9.59 Å². The summed E-state index contributed by atoms with van der Waals surface area (Å²) >= 11 is 0.